The average Bonchev–Trinajstić information content (AvgIpc) is 3.41. The van der Waals surface area contributed by atoms with Crippen LogP contribution in [0.4, 0.5) is 10.8 Å². The Bertz CT molecular complexity index is 1530. The number of anilines is 1. The van der Waals surface area contributed by atoms with E-state index in [1.165, 1.54) is 34.8 Å². The van der Waals surface area contributed by atoms with E-state index < -0.39 is 4.92 Å². The maximum atomic E-state index is 13.7. The van der Waals surface area contributed by atoms with E-state index in [1.54, 1.807) is 29.4 Å². The van der Waals surface area contributed by atoms with Crippen LogP contribution in [0.5, 0.6) is 0 Å². The fraction of sp³-hybridized carbons (Fsp3) is 0.125. The fourth-order valence-corrected chi connectivity index (χ4v) is 5.77. The van der Waals surface area contributed by atoms with Gasteiger partial charge in [-0.05, 0) is 54.8 Å². The van der Waals surface area contributed by atoms with Crippen LogP contribution in [-0.2, 0) is 6.54 Å². The number of carbonyl (C=O) groups excluding carboxylic acids is 1. The van der Waals surface area contributed by atoms with E-state index in [9.17, 15) is 14.9 Å². The van der Waals surface area contributed by atoms with Gasteiger partial charge in [-0.2, -0.15) is 0 Å². The molecule has 0 bridgehead atoms. The predicted octanol–water partition coefficient (Wildman–Crippen LogP) is 6.28. The van der Waals surface area contributed by atoms with Crippen molar-refractivity contribution in [2.75, 3.05) is 4.90 Å². The number of non-ortho nitro benzene ring substituents is 1. The zero-order valence-electron chi connectivity index (χ0n) is 17.8. The molecule has 0 N–H and O–H groups in total. The minimum Gasteiger partial charge on any atom is -0.279 e. The van der Waals surface area contributed by atoms with E-state index in [0.29, 0.717) is 21.9 Å². The predicted molar refractivity (Wildman–Crippen MR) is 132 cm³/mol. The monoisotopic (exact) mass is 474 g/mol. The molecule has 1 amide bonds. The van der Waals surface area contributed by atoms with Crippen LogP contribution in [0.3, 0.4) is 0 Å². The van der Waals surface area contributed by atoms with Crippen LogP contribution >= 0.6 is 22.7 Å². The normalized spacial score (nSPS) is 11.2. The van der Waals surface area contributed by atoms with Crippen molar-refractivity contribution in [1.82, 2.24) is 9.97 Å². The van der Waals surface area contributed by atoms with Crippen LogP contribution in [-0.4, -0.2) is 20.8 Å². The number of thiazole rings is 1. The number of benzene rings is 2. The molecule has 3 aromatic heterocycles. The number of rotatable bonds is 5. The topological polar surface area (TPSA) is 89.2 Å². The van der Waals surface area contributed by atoms with Crippen molar-refractivity contribution in [3.8, 4) is 0 Å². The van der Waals surface area contributed by atoms with E-state index in [4.69, 9.17) is 4.98 Å². The lowest BCUT2D eigenvalue weighted by atomic mass is 10.1. The van der Waals surface area contributed by atoms with Gasteiger partial charge < -0.3 is 0 Å². The van der Waals surface area contributed by atoms with Crippen molar-refractivity contribution in [2.45, 2.75) is 20.4 Å². The molecule has 0 saturated carbocycles. The number of carbonyl (C=O) groups is 1. The number of aryl methyl sites for hydroxylation is 2. The molecule has 9 heteroatoms. The molecule has 0 spiro atoms. The summed E-state index contributed by atoms with van der Waals surface area (Å²) >= 11 is 2.80. The molecule has 0 aliphatic rings. The number of hydrogen-bond donors (Lipinski definition) is 0. The number of thiophene rings is 1. The largest absolute Gasteiger partial charge is 0.279 e. The van der Waals surface area contributed by atoms with Gasteiger partial charge in [-0.1, -0.05) is 23.5 Å². The number of pyridine rings is 1. The summed E-state index contributed by atoms with van der Waals surface area (Å²) in [5, 5.41) is 12.4. The van der Waals surface area contributed by atoms with Crippen molar-refractivity contribution >= 4 is 59.7 Å². The molecule has 0 aliphatic carbocycles. The molecule has 0 saturated heterocycles. The van der Waals surface area contributed by atoms with E-state index in [-0.39, 0.29) is 11.6 Å². The smallest absolute Gasteiger partial charge is 0.270 e. The first-order valence-electron chi connectivity index (χ1n) is 10.2. The van der Waals surface area contributed by atoms with Crippen LogP contribution in [0.1, 0.15) is 26.4 Å². The summed E-state index contributed by atoms with van der Waals surface area (Å²) in [6.45, 7) is 4.39. The van der Waals surface area contributed by atoms with E-state index in [0.717, 1.165) is 31.6 Å². The maximum Gasteiger partial charge on any atom is 0.270 e. The van der Waals surface area contributed by atoms with Gasteiger partial charge in [0, 0.05) is 34.6 Å². The van der Waals surface area contributed by atoms with Gasteiger partial charge >= 0.3 is 0 Å². The summed E-state index contributed by atoms with van der Waals surface area (Å²) < 4.78 is 1.87. The minimum absolute atomic E-state index is 0.00327. The molecule has 33 heavy (non-hydrogen) atoms. The summed E-state index contributed by atoms with van der Waals surface area (Å²) in [5.74, 6) is -0.198. The van der Waals surface area contributed by atoms with Crippen molar-refractivity contribution < 1.29 is 9.72 Å². The van der Waals surface area contributed by atoms with Crippen molar-refractivity contribution in [2.24, 2.45) is 0 Å². The number of nitro benzene ring substituents is 1. The van der Waals surface area contributed by atoms with Gasteiger partial charge in [0.1, 0.15) is 0 Å². The maximum absolute atomic E-state index is 13.7. The highest BCUT2D eigenvalue weighted by Crippen LogP contribution is 2.35. The lowest BCUT2D eigenvalue weighted by Crippen LogP contribution is -2.29. The molecule has 0 unspecified atom stereocenters. The number of amides is 1. The first-order valence-corrected chi connectivity index (χ1v) is 11.8. The Morgan fingerprint density at radius 2 is 1.97 bits per heavy atom. The third kappa shape index (κ3) is 4.08. The molecule has 0 atom stereocenters. The molecular formula is C24H18N4O3S2. The minimum atomic E-state index is -0.432. The summed E-state index contributed by atoms with van der Waals surface area (Å²) in [4.78, 5) is 35.6. The zero-order valence-corrected chi connectivity index (χ0v) is 19.4. The molecule has 3 heterocycles. The number of fused-ring (bicyclic) bond motifs is 2. The molecule has 7 nitrogen and oxygen atoms in total. The van der Waals surface area contributed by atoms with E-state index in [2.05, 4.69) is 11.1 Å². The summed E-state index contributed by atoms with van der Waals surface area (Å²) in [6, 6.07) is 14.2. The number of nitrogens with zero attached hydrogens (tertiary/aromatic N) is 4. The quantitative estimate of drug-likeness (QED) is 0.221. The van der Waals surface area contributed by atoms with Gasteiger partial charge in [0.15, 0.2) is 5.13 Å². The summed E-state index contributed by atoms with van der Waals surface area (Å²) in [7, 11) is 0. The van der Waals surface area contributed by atoms with Crippen molar-refractivity contribution in [3.63, 3.8) is 0 Å². The highest BCUT2D eigenvalue weighted by Gasteiger charge is 2.24. The third-order valence-electron chi connectivity index (χ3n) is 5.27. The fourth-order valence-electron chi connectivity index (χ4n) is 3.76. The second-order valence-electron chi connectivity index (χ2n) is 7.77. The van der Waals surface area contributed by atoms with Gasteiger partial charge in [0.25, 0.3) is 11.6 Å². The summed E-state index contributed by atoms with van der Waals surface area (Å²) in [5.41, 5.74) is 3.99. The van der Waals surface area contributed by atoms with Crippen LogP contribution in [0.2, 0.25) is 0 Å². The number of aromatic nitrogens is 2. The third-order valence-corrected chi connectivity index (χ3v) is 7.60. The van der Waals surface area contributed by atoms with Crippen LogP contribution in [0.15, 0.2) is 60.9 Å². The van der Waals surface area contributed by atoms with E-state index in [1.807, 2.05) is 32.0 Å². The van der Waals surface area contributed by atoms with Crippen LogP contribution in [0.25, 0.3) is 20.3 Å². The van der Waals surface area contributed by atoms with Crippen molar-refractivity contribution in [3.05, 3.63) is 92.6 Å². The molecule has 0 radical (unpaired) electrons. The molecule has 164 valence electrons. The Hall–Kier alpha value is -3.69. The van der Waals surface area contributed by atoms with Crippen LogP contribution in [0, 0.1) is 24.0 Å². The Labute approximate surface area is 197 Å². The van der Waals surface area contributed by atoms with E-state index >= 15 is 0 Å². The van der Waals surface area contributed by atoms with Gasteiger partial charge in [-0.3, -0.25) is 24.8 Å². The molecule has 0 aliphatic heterocycles. The van der Waals surface area contributed by atoms with Gasteiger partial charge in [0.05, 0.1) is 26.6 Å². The summed E-state index contributed by atoms with van der Waals surface area (Å²) in [6.07, 6.45) is 3.43. The molecular weight excluding hydrogens is 456 g/mol. The molecule has 5 rings (SSSR count). The number of nitro groups is 1. The van der Waals surface area contributed by atoms with Gasteiger partial charge in [-0.25, -0.2) is 4.98 Å². The zero-order chi connectivity index (χ0) is 23.1. The Morgan fingerprint density at radius 1 is 1.12 bits per heavy atom. The highest BCUT2D eigenvalue weighted by molar-refractivity contribution is 7.23. The first-order chi connectivity index (χ1) is 15.9. The standard InChI is InChI=1S/C24H18N4O3S2/c1-14-8-15(2)22-19(9-14)26-24(33-22)27(13-16-4-3-7-25-12-16)23(29)21-11-17-10-18(28(30)31)5-6-20(17)32-21/h3-12H,13H2,1-2H3. The SMILES string of the molecule is Cc1cc(C)c2sc(N(Cc3cccnc3)C(=O)c3cc4cc([N+](=O)[O-])ccc4s3)nc2c1. The second-order valence-corrected chi connectivity index (χ2v) is 9.83. The van der Waals surface area contributed by atoms with Crippen LogP contribution < -0.4 is 4.90 Å². The van der Waals surface area contributed by atoms with Gasteiger partial charge in [0.2, 0.25) is 0 Å². The second kappa shape index (κ2) is 8.34. The molecule has 5 aromatic rings. The Balaban J connectivity index is 1.59. The highest BCUT2D eigenvalue weighted by atomic mass is 32.1. The Morgan fingerprint density at radius 3 is 2.73 bits per heavy atom. The van der Waals surface area contributed by atoms with Crippen molar-refractivity contribution in [1.29, 1.82) is 0 Å². The lowest BCUT2D eigenvalue weighted by molar-refractivity contribution is -0.384. The number of hydrogen-bond acceptors (Lipinski definition) is 7. The Kier molecular flexibility index (Phi) is 5.35. The molecule has 2 aromatic carbocycles. The lowest BCUT2D eigenvalue weighted by Gasteiger charge is -2.19. The molecule has 0 fully saturated rings. The average molecular weight is 475 g/mol. The first kappa shape index (κ1) is 21.2. The van der Waals surface area contributed by atoms with Gasteiger partial charge in [-0.15, -0.1) is 11.3 Å².